The van der Waals surface area contributed by atoms with Crippen molar-refractivity contribution in [2.45, 2.75) is 25.2 Å². The highest BCUT2D eigenvalue weighted by atomic mass is 16.3. The van der Waals surface area contributed by atoms with Crippen LogP contribution in [0.5, 0.6) is 0 Å². The zero-order valence-corrected chi connectivity index (χ0v) is 11.3. The summed E-state index contributed by atoms with van der Waals surface area (Å²) < 4.78 is 0. The first-order chi connectivity index (χ1) is 9.79. The van der Waals surface area contributed by atoms with Crippen LogP contribution in [-0.4, -0.2) is 29.1 Å². The topological polar surface area (TPSA) is 62.2 Å². The van der Waals surface area contributed by atoms with Crippen molar-refractivity contribution in [1.29, 1.82) is 0 Å². The maximum absolute atomic E-state index is 12.3. The van der Waals surface area contributed by atoms with Gasteiger partial charge in [0.1, 0.15) is 0 Å². The van der Waals surface area contributed by atoms with Crippen molar-refractivity contribution in [2.24, 2.45) is 0 Å². The van der Waals surface area contributed by atoms with E-state index in [1.807, 2.05) is 30.3 Å². The van der Waals surface area contributed by atoms with Gasteiger partial charge in [0.25, 0.3) is 5.91 Å². The second-order valence-electron chi connectivity index (χ2n) is 5.22. The van der Waals surface area contributed by atoms with Gasteiger partial charge in [-0.05, 0) is 31.4 Å². The van der Waals surface area contributed by atoms with Gasteiger partial charge in [0.05, 0.1) is 11.1 Å². The van der Waals surface area contributed by atoms with Crippen molar-refractivity contribution in [3.63, 3.8) is 0 Å². The molecule has 0 aliphatic heterocycles. The van der Waals surface area contributed by atoms with Gasteiger partial charge < -0.3 is 10.4 Å². The number of nitrogens with zero attached hydrogens (tertiary/aromatic N) is 1. The highest BCUT2D eigenvalue weighted by molar-refractivity contribution is 6.06. The third-order valence-corrected chi connectivity index (χ3v) is 3.60. The van der Waals surface area contributed by atoms with E-state index in [2.05, 4.69) is 10.3 Å². The Labute approximate surface area is 117 Å². The van der Waals surface area contributed by atoms with Gasteiger partial charge in [0.2, 0.25) is 0 Å². The van der Waals surface area contributed by atoms with Crippen LogP contribution in [0.15, 0.2) is 30.3 Å². The lowest BCUT2D eigenvalue weighted by molar-refractivity contribution is 0.0952. The molecule has 2 aromatic rings. The van der Waals surface area contributed by atoms with E-state index in [1.165, 1.54) is 0 Å². The minimum Gasteiger partial charge on any atom is -0.396 e. The molecule has 0 spiro atoms. The molecule has 1 fully saturated rings. The summed E-state index contributed by atoms with van der Waals surface area (Å²) in [4.78, 5) is 17.0. The zero-order chi connectivity index (χ0) is 13.9. The van der Waals surface area contributed by atoms with Gasteiger partial charge in [-0.25, -0.2) is 0 Å². The minimum atomic E-state index is -0.0843. The van der Waals surface area contributed by atoms with Gasteiger partial charge in [0, 0.05) is 30.1 Å². The van der Waals surface area contributed by atoms with Crippen molar-refractivity contribution >= 4 is 16.8 Å². The van der Waals surface area contributed by atoms with Gasteiger partial charge in [-0.1, -0.05) is 18.2 Å². The Balaban J connectivity index is 1.96. The van der Waals surface area contributed by atoms with Crippen LogP contribution in [0.3, 0.4) is 0 Å². The summed E-state index contributed by atoms with van der Waals surface area (Å²) in [6.45, 7) is 0.579. The summed E-state index contributed by atoms with van der Waals surface area (Å²) >= 11 is 0. The number of rotatable bonds is 5. The number of aliphatic hydroxyl groups is 1. The number of carbonyl (C=O) groups is 1. The predicted molar refractivity (Wildman–Crippen MR) is 77.8 cm³/mol. The SMILES string of the molecule is O=C(NCCCO)c1cc(C2CC2)nc2ccccc12. The fourth-order valence-corrected chi connectivity index (χ4v) is 2.35. The molecule has 0 atom stereocenters. The van der Waals surface area contributed by atoms with Crippen molar-refractivity contribution < 1.29 is 9.90 Å². The van der Waals surface area contributed by atoms with E-state index in [4.69, 9.17) is 5.11 Å². The van der Waals surface area contributed by atoms with E-state index < -0.39 is 0 Å². The molecule has 1 aliphatic rings. The van der Waals surface area contributed by atoms with Crippen LogP contribution >= 0.6 is 0 Å². The van der Waals surface area contributed by atoms with Crippen LogP contribution in [0.25, 0.3) is 10.9 Å². The van der Waals surface area contributed by atoms with E-state index in [0.717, 1.165) is 29.4 Å². The number of carbonyl (C=O) groups excluding carboxylic acids is 1. The number of nitrogens with one attached hydrogen (secondary N) is 1. The molecule has 2 N–H and O–H groups in total. The molecule has 0 bridgehead atoms. The standard InChI is InChI=1S/C16H18N2O2/c19-9-3-8-17-16(20)13-10-15(11-6-7-11)18-14-5-2-1-4-12(13)14/h1-2,4-5,10-11,19H,3,6-9H2,(H,17,20). The number of hydrogen-bond acceptors (Lipinski definition) is 3. The molecule has 1 saturated carbocycles. The number of para-hydroxylation sites is 1. The van der Waals surface area contributed by atoms with Crippen molar-refractivity contribution in [2.75, 3.05) is 13.2 Å². The average molecular weight is 270 g/mol. The predicted octanol–water partition coefficient (Wildman–Crippen LogP) is 2.22. The summed E-state index contributed by atoms with van der Waals surface area (Å²) in [5.41, 5.74) is 2.59. The molecule has 1 aromatic carbocycles. The average Bonchev–Trinajstić information content (AvgIpc) is 3.31. The monoisotopic (exact) mass is 270 g/mol. The quantitative estimate of drug-likeness (QED) is 0.819. The van der Waals surface area contributed by atoms with E-state index in [1.54, 1.807) is 0 Å². The molecule has 0 saturated heterocycles. The molecular formula is C16H18N2O2. The highest BCUT2D eigenvalue weighted by Gasteiger charge is 2.26. The minimum absolute atomic E-state index is 0.0843. The van der Waals surface area contributed by atoms with E-state index in [9.17, 15) is 4.79 Å². The van der Waals surface area contributed by atoms with Gasteiger partial charge in [-0.3, -0.25) is 9.78 Å². The number of fused-ring (bicyclic) bond motifs is 1. The first-order valence-electron chi connectivity index (χ1n) is 7.08. The Bertz CT molecular complexity index is 635. The molecule has 0 radical (unpaired) electrons. The largest absolute Gasteiger partial charge is 0.396 e. The lowest BCUT2D eigenvalue weighted by atomic mass is 10.1. The zero-order valence-electron chi connectivity index (χ0n) is 11.3. The lowest BCUT2D eigenvalue weighted by Gasteiger charge is -2.09. The summed E-state index contributed by atoms with van der Waals surface area (Å²) in [5.74, 6) is 0.433. The summed E-state index contributed by atoms with van der Waals surface area (Å²) in [6.07, 6.45) is 2.90. The smallest absolute Gasteiger partial charge is 0.252 e. The van der Waals surface area contributed by atoms with Crippen LogP contribution in [0.1, 0.15) is 41.2 Å². The maximum atomic E-state index is 12.3. The maximum Gasteiger partial charge on any atom is 0.252 e. The van der Waals surface area contributed by atoms with E-state index in [0.29, 0.717) is 24.4 Å². The van der Waals surface area contributed by atoms with E-state index in [-0.39, 0.29) is 12.5 Å². The second-order valence-corrected chi connectivity index (χ2v) is 5.22. The number of aromatic nitrogens is 1. The van der Waals surface area contributed by atoms with Crippen LogP contribution < -0.4 is 5.32 Å². The molecule has 1 aromatic heterocycles. The van der Waals surface area contributed by atoms with Gasteiger partial charge in [-0.2, -0.15) is 0 Å². The van der Waals surface area contributed by atoms with Crippen molar-refractivity contribution in [3.05, 3.63) is 41.6 Å². The molecule has 3 rings (SSSR count). The highest BCUT2D eigenvalue weighted by Crippen LogP contribution is 2.40. The molecule has 1 heterocycles. The normalized spacial score (nSPS) is 14.4. The summed E-state index contributed by atoms with van der Waals surface area (Å²) in [7, 11) is 0. The van der Waals surface area contributed by atoms with Crippen LogP contribution in [0.2, 0.25) is 0 Å². The Kier molecular flexibility index (Phi) is 3.65. The Morgan fingerprint density at radius 3 is 2.90 bits per heavy atom. The van der Waals surface area contributed by atoms with Crippen LogP contribution in [-0.2, 0) is 0 Å². The second kappa shape index (κ2) is 5.59. The molecule has 104 valence electrons. The number of pyridine rings is 1. The Morgan fingerprint density at radius 2 is 2.15 bits per heavy atom. The van der Waals surface area contributed by atoms with Crippen molar-refractivity contribution in [1.82, 2.24) is 10.3 Å². The summed E-state index contributed by atoms with van der Waals surface area (Å²) in [5, 5.41) is 12.5. The molecule has 20 heavy (non-hydrogen) atoms. The number of benzene rings is 1. The van der Waals surface area contributed by atoms with Gasteiger partial charge in [-0.15, -0.1) is 0 Å². The molecule has 1 amide bonds. The first kappa shape index (κ1) is 13.1. The Hall–Kier alpha value is -1.94. The first-order valence-corrected chi connectivity index (χ1v) is 7.08. The molecule has 4 nitrogen and oxygen atoms in total. The number of amides is 1. The molecule has 1 aliphatic carbocycles. The summed E-state index contributed by atoms with van der Waals surface area (Å²) in [6, 6.07) is 9.67. The molecular weight excluding hydrogens is 252 g/mol. The van der Waals surface area contributed by atoms with Gasteiger partial charge >= 0.3 is 0 Å². The van der Waals surface area contributed by atoms with E-state index >= 15 is 0 Å². The fourth-order valence-electron chi connectivity index (χ4n) is 2.35. The van der Waals surface area contributed by atoms with Crippen LogP contribution in [0.4, 0.5) is 0 Å². The fraction of sp³-hybridized carbons (Fsp3) is 0.375. The van der Waals surface area contributed by atoms with Gasteiger partial charge in [0.15, 0.2) is 0 Å². The molecule has 0 unspecified atom stereocenters. The lowest BCUT2D eigenvalue weighted by Crippen LogP contribution is -2.25. The molecule has 4 heteroatoms. The Morgan fingerprint density at radius 1 is 1.35 bits per heavy atom. The van der Waals surface area contributed by atoms with Crippen LogP contribution in [0, 0.1) is 0 Å². The van der Waals surface area contributed by atoms with Crippen molar-refractivity contribution in [3.8, 4) is 0 Å². The third kappa shape index (κ3) is 2.65. The number of hydrogen-bond donors (Lipinski definition) is 2. The third-order valence-electron chi connectivity index (χ3n) is 3.60. The number of aliphatic hydroxyl groups excluding tert-OH is 1.